The van der Waals surface area contributed by atoms with Crippen LogP contribution in [0.25, 0.3) is 3.70 Å². The van der Waals surface area contributed by atoms with Gasteiger partial charge < -0.3 is 4.84 Å². The molecule has 102 valence electrons. The van der Waals surface area contributed by atoms with Crippen LogP contribution >= 0.6 is 22.6 Å². The third-order valence-corrected chi connectivity index (χ3v) is 2.43. The van der Waals surface area contributed by atoms with Crippen LogP contribution in [0.4, 0.5) is 4.39 Å². The summed E-state index contributed by atoms with van der Waals surface area (Å²) < 4.78 is 13.8. The highest BCUT2D eigenvalue weighted by atomic mass is 127. The van der Waals surface area contributed by atoms with Gasteiger partial charge in [-0.05, 0) is 34.7 Å². The van der Waals surface area contributed by atoms with E-state index < -0.39 is 18.6 Å². The molecule has 0 saturated heterocycles. The first-order valence-corrected chi connectivity index (χ1v) is 5.96. The minimum absolute atomic E-state index is 0.0432. The summed E-state index contributed by atoms with van der Waals surface area (Å²) in [6.07, 6.45) is 1.48. The molecule has 0 aliphatic heterocycles. The van der Waals surface area contributed by atoms with E-state index in [1.807, 2.05) is 28.2 Å². The Morgan fingerprint density at radius 1 is 1.58 bits per heavy atom. The van der Waals surface area contributed by atoms with Crippen LogP contribution in [-0.4, -0.2) is 23.1 Å². The molecular weight excluding hydrogens is 370 g/mol. The molecule has 0 aliphatic rings. The van der Waals surface area contributed by atoms with Crippen molar-refractivity contribution in [2.45, 2.75) is 0 Å². The SMILES string of the molecule is C=C(I)n1ccc(C(=O)ONNC(=O)CF)cc1=N. The van der Waals surface area contributed by atoms with Gasteiger partial charge in [0.25, 0.3) is 5.91 Å². The molecule has 1 rings (SSSR count). The van der Waals surface area contributed by atoms with Gasteiger partial charge in [0.15, 0.2) is 6.67 Å². The predicted molar refractivity (Wildman–Crippen MR) is 72.3 cm³/mol. The molecule has 0 aliphatic carbocycles. The average Bonchev–Trinajstić information content (AvgIpc) is 2.37. The standard InChI is InChI=1S/C10H10FIN4O3/c1-6(12)16-3-2-7(4-8(16)13)10(18)19-15-14-9(17)5-11/h2-4,13,15H,1,5H2,(H,14,17). The predicted octanol–water partition coefficient (Wildman–Crippen LogP) is 0.493. The molecule has 0 atom stereocenters. The number of pyridine rings is 1. The number of carbonyl (C=O) groups excluding carboxylic acids is 2. The molecule has 9 heteroatoms. The highest BCUT2D eigenvalue weighted by molar-refractivity contribution is 14.1. The maximum absolute atomic E-state index is 11.8. The fourth-order valence-corrected chi connectivity index (χ4v) is 1.48. The van der Waals surface area contributed by atoms with E-state index in [1.54, 1.807) is 5.43 Å². The van der Waals surface area contributed by atoms with Crippen molar-refractivity contribution in [2.75, 3.05) is 6.67 Å². The van der Waals surface area contributed by atoms with E-state index in [4.69, 9.17) is 5.41 Å². The van der Waals surface area contributed by atoms with Crippen LogP contribution in [0.3, 0.4) is 0 Å². The van der Waals surface area contributed by atoms with Gasteiger partial charge in [-0.15, -0.1) is 0 Å². The first kappa shape index (κ1) is 15.3. The first-order valence-electron chi connectivity index (χ1n) is 4.88. The van der Waals surface area contributed by atoms with Gasteiger partial charge in [0, 0.05) is 6.20 Å². The summed E-state index contributed by atoms with van der Waals surface area (Å²) >= 11 is 1.93. The Labute approximate surface area is 121 Å². The Bertz CT molecular complexity index is 572. The zero-order valence-electron chi connectivity index (χ0n) is 9.57. The quantitative estimate of drug-likeness (QED) is 0.512. The van der Waals surface area contributed by atoms with E-state index in [0.29, 0.717) is 3.70 Å². The fourth-order valence-electron chi connectivity index (χ4n) is 1.06. The van der Waals surface area contributed by atoms with Gasteiger partial charge >= 0.3 is 5.97 Å². The van der Waals surface area contributed by atoms with Gasteiger partial charge in [0.2, 0.25) is 0 Å². The third kappa shape index (κ3) is 4.44. The van der Waals surface area contributed by atoms with Crippen molar-refractivity contribution in [3.05, 3.63) is 36.0 Å². The van der Waals surface area contributed by atoms with Crippen molar-refractivity contribution in [3.8, 4) is 0 Å². The Kier molecular flexibility index (Phi) is 5.63. The summed E-state index contributed by atoms with van der Waals surface area (Å²) in [4.78, 5) is 26.5. The second-order valence-electron chi connectivity index (χ2n) is 3.22. The number of hydrazine groups is 1. The van der Waals surface area contributed by atoms with Crippen molar-refractivity contribution in [3.63, 3.8) is 0 Å². The topological polar surface area (TPSA) is 96.2 Å². The van der Waals surface area contributed by atoms with Crippen LogP contribution in [-0.2, 0) is 9.63 Å². The summed E-state index contributed by atoms with van der Waals surface area (Å²) in [5.74, 6) is -1.79. The number of amides is 1. The summed E-state index contributed by atoms with van der Waals surface area (Å²) in [6, 6.07) is 2.69. The molecule has 0 bridgehead atoms. The number of rotatable bonds is 5. The molecule has 0 radical (unpaired) electrons. The molecule has 1 heterocycles. The zero-order chi connectivity index (χ0) is 14.4. The second kappa shape index (κ2) is 6.99. The molecule has 7 nitrogen and oxygen atoms in total. The van der Waals surface area contributed by atoms with E-state index in [1.165, 1.54) is 22.9 Å². The molecule has 1 amide bonds. The van der Waals surface area contributed by atoms with E-state index in [0.717, 1.165) is 0 Å². The zero-order valence-corrected chi connectivity index (χ0v) is 11.7. The molecule has 1 aromatic rings. The van der Waals surface area contributed by atoms with Crippen LogP contribution in [0.15, 0.2) is 24.9 Å². The first-order chi connectivity index (χ1) is 8.95. The number of aromatic nitrogens is 1. The lowest BCUT2D eigenvalue weighted by Crippen LogP contribution is -2.39. The summed E-state index contributed by atoms with van der Waals surface area (Å²) in [7, 11) is 0. The number of nitrogens with zero attached hydrogens (tertiary/aromatic N) is 1. The molecule has 0 saturated carbocycles. The Morgan fingerprint density at radius 2 is 2.26 bits per heavy atom. The normalized spacial score (nSPS) is 9.79. The average molecular weight is 380 g/mol. The lowest BCUT2D eigenvalue weighted by Gasteiger charge is -2.07. The largest absolute Gasteiger partial charge is 0.358 e. The number of nitrogens with one attached hydrogen (secondary N) is 3. The van der Waals surface area contributed by atoms with E-state index in [-0.39, 0.29) is 11.1 Å². The lowest BCUT2D eigenvalue weighted by atomic mass is 10.3. The van der Waals surface area contributed by atoms with Gasteiger partial charge in [-0.3, -0.25) is 20.2 Å². The molecule has 0 spiro atoms. The fraction of sp³-hybridized carbons (Fsp3) is 0.100. The monoisotopic (exact) mass is 380 g/mol. The van der Waals surface area contributed by atoms with E-state index >= 15 is 0 Å². The van der Waals surface area contributed by atoms with Crippen molar-refractivity contribution >= 4 is 38.2 Å². The molecule has 1 aromatic heterocycles. The molecule has 0 unspecified atom stereocenters. The van der Waals surface area contributed by atoms with E-state index in [9.17, 15) is 14.0 Å². The smallest absolute Gasteiger partial charge is 0.346 e. The Morgan fingerprint density at radius 3 is 2.79 bits per heavy atom. The second-order valence-corrected chi connectivity index (χ2v) is 4.47. The van der Waals surface area contributed by atoms with Gasteiger partial charge in [-0.2, -0.15) is 0 Å². The minimum Gasteiger partial charge on any atom is -0.346 e. The molecule has 0 aromatic carbocycles. The Hall–Kier alpha value is -1.75. The molecule has 3 N–H and O–H groups in total. The number of halogens is 2. The van der Waals surface area contributed by atoms with E-state index in [2.05, 4.69) is 11.4 Å². The van der Waals surface area contributed by atoms with Crippen molar-refractivity contribution in [2.24, 2.45) is 0 Å². The maximum atomic E-state index is 11.8. The van der Waals surface area contributed by atoms with Gasteiger partial charge in [0.05, 0.1) is 9.27 Å². The van der Waals surface area contributed by atoms with Crippen molar-refractivity contribution < 1.29 is 18.8 Å². The lowest BCUT2D eigenvalue weighted by molar-refractivity contribution is -0.126. The highest BCUT2D eigenvalue weighted by Crippen LogP contribution is 2.07. The van der Waals surface area contributed by atoms with Crippen LogP contribution in [0, 0.1) is 5.41 Å². The van der Waals surface area contributed by atoms with Crippen molar-refractivity contribution in [1.82, 2.24) is 15.6 Å². The summed E-state index contributed by atoms with van der Waals surface area (Å²) in [5.41, 5.74) is 3.76. The van der Waals surface area contributed by atoms with Crippen LogP contribution < -0.4 is 16.5 Å². The summed E-state index contributed by atoms with van der Waals surface area (Å²) in [5, 5.41) is 7.66. The number of hydrogen-bond donors (Lipinski definition) is 3. The van der Waals surface area contributed by atoms with Gasteiger partial charge in [-0.1, -0.05) is 12.2 Å². The van der Waals surface area contributed by atoms with Crippen molar-refractivity contribution in [1.29, 1.82) is 5.41 Å². The summed E-state index contributed by atoms with van der Waals surface area (Å²) in [6.45, 7) is 2.43. The number of alkyl halides is 1. The number of hydrogen-bond acceptors (Lipinski definition) is 5. The number of carbonyl (C=O) groups is 2. The minimum atomic E-state index is -1.23. The third-order valence-electron chi connectivity index (χ3n) is 1.91. The van der Waals surface area contributed by atoms with Crippen LogP contribution in [0.1, 0.15) is 10.4 Å². The highest BCUT2D eigenvalue weighted by Gasteiger charge is 2.09. The molecule has 19 heavy (non-hydrogen) atoms. The Balaban J connectivity index is 2.68. The molecule has 0 fully saturated rings. The van der Waals surface area contributed by atoms with Gasteiger partial charge in [-0.25, -0.2) is 9.18 Å². The van der Waals surface area contributed by atoms with Gasteiger partial charge in [0.1, 0.15) is 5.49 Å². The van der Waals surface area contributed by atoms with Crippen LogP contribution in [0.2, 0.25) is 0 Å². The maximum Gasteiger partial charge on any atom is 0.358 e. The van der Waals surface area contributed by atoms with Crippen LogP contribution in [0.5, 0.6) is 0 Å². The molecular formula is C10H10FIN4O3.